The van der Waals surface area contributed by atoms with E-state index < -0.39 is 5.82 Å². The van der Waals surface area contributed by atoms with Crippen LogP contribution in [0.15, 0.2) is 42.5 Å². The lowest BCUT2D eigenvalue weighted by Gasteiger charge is -2.11. The first-order valence-corrected chi connectivity index (χ1v) is 6.40. The molecular formula is C14H9ClFN3S. The zero-order valence-corrected chi connectivity index (χ0v) is 11.7. The summed E-state index contributed by atoms with van der Waals surface area (Å²) in [5.74, 6) is -0.488. The number of hydrogen-bond acceptors (Lipinski definition) is 2. The zero-order chi connectivity index (χ0) is 14.5. The standard InChI is InChI=1S/C14H9ClFN3S/c15-12-7-11(4-5-13(12)16)19-14(20)18-10-3-1-2-9(6-10)8-17/h1-7H,(H2,18,19,20). The van der Waals surface area contributed by atoms with E-state index in [-0.39, 0.29) is 5.02 Å². The third-order valence-corrected chi connectivity index (χ3v) is 2.92. The lowest BCUT2D eigenvalue weighted by molar-refractivity contribution is 0.628. The summed E-state index contributed by atoms with van der Waals surface area (Å²) in [7, 11) is 0. The molecule has 0 aliphatic heterocycles. The molecule has 0 unspecified atom stereocenters. The summed E-state index contributed by atoms with van der Waals surface area (Å²) < 4.78 is 13.0. The van der Waals surface area contributed by atoms with Gasteiger partial charge in [0, 0.05) is 11.4 Å². The van der Waals surface area contributed by atoms with Gasteiger partial charge in [-0.25, -0.2) is 4.39 Å². The van der Waals surface area contributed by atoms with Crippen molar-refractivity contribution in [2.24, 2.45) is 0 Å². The minimum atomic E-state index is -0.488. The van der Waals surface area contributed by atoms with Crippen LogP contribution in [0.3, 0.4) is 0 Å². The number of hydrogen-bond donors (Lipinski definition) is 2. The van der Waals surface area contributed by atoms with Crippen LogP contribution >= 0.6 is 23.8 Å². The Bertz CT molecular complexity index is 697. The van der Waals surface area contributed by atoms with Crippen LogP contribution in [0.1, 0.15) is 5.56 Å². The summed E-state index contributed by atoms with van der Waals surface area (Å²) in [6.07, 6.45) is 0. The van der Waals surface area contributed by atoms with E-state index in [2.05, 4.69) is 10.6 Å². The average Bonchev–Trinajstić information content (AvgIpc) is 2.43. The maximum absolute atomic E-state index is 13.0. The summed E-state index contributed by atoms with van der Waals surface area (Å²) in [6, 6.07) is 13.2. The monoisotopic (exact) mass is 305 g/mol. The number of anilines is 2. The number of nitriles is 1. The molecule has 6 heteroatoms. The van der Waals surface area contributed by atoms with E-state index in [9.17, 15) is 4.39 Å². The molecule has 0 saturated carbocycles. The molecule has 2 aromatic rings. The van der Waals surface area contributed by atoms with Gasteiger partial charge >= 0.3 is 0 Å². The molecule has 0 bridgehead atoms. The van der Waals surface area contributed by atoms with E-state index in [0.717, 1.165) is 0 Å². The Hall–Kier alpha value is -2.16. The van der Waals surface area contributed by atoms with E-state index in [1.165, 1.54) is 18.2 Å². The number of thiocarbonyl (C=S) groups is 1. The highest BCUT2D eigenvalue weighted by Crippen LogP contribution is 2.19. The van der Waals surface area contributed by atoms with Crippen molar-refractivity contribution in [1.82, 2.24) is 0 Å². The zero-order valence-electron chi connectivity index (χ0n) is 10.2. The van der Waals surface area contributed by atoms with Gasteiger partial charge in [0.15, 0.2) is 5.11 Å². The van der Waals surface area contributed by atoms with Crippen LogP contribution < -0.4 is 10.6 Å². The molecule has 0 aliphatic rings. The molecule has 0 aliphatic carbocycles. The van der Waals surface area contributed by atoms with Gasteiger partial charge in [-0.2, -0.15) is 5.26 Å². The summed E-state index contributed by atoms with van der Waals surface area (Å²) in [5, 5.41) is 15.0. The largest absolute Gasteiger partial charge is 0.332 e. The van der Waals surface area contributed by atoms with Gasteiger partial charge in [-0.3, -0.25) is 0 Å². The van der Waals surface area contributed by atoms with Crippen molar-refractivity contribution in [3.05, 3.63) is 58.9 Å². The molecule has 20 heavy (non-hydrogen) atoms. The predicted octanol–water partition coefficient (Wildman–Crippen LogP) is 4.16. The Balaban J connectivity index is 2.05. The molecule has 0 amide bonds. The van der Waals surface area contributed by atoms with Gasteiger partial charge in [0.2, 0.25) is 0 Å². The molecule has 100 valence electrons. The maximum Gasteiger partial charge on any atom is 0.175 e. The predicted molar refractivity (Wildman–Crippen MR) is 82.4 cm³/mol. The smallest absolute Gasteiger partial charge is 0.175 e. The van der Waals surface area contributed by atoms with Gasteiger partial charge < -0.3 is 10.6 Å². The van der Waals surface area contributed by atoms with Crippen molar-refractivity contribution in [2.75, 3.05) is 10.6 Å². The molecule has 3 nitrogen and oxygen atoms in total. The highest BCUT2D eigenvalue weighted by atomic mass is 35.5. The van der Waals surface area contributed by atoms with E-state index in [1.54, 1.807) is 24.3 Å². The third-order valence-electron chi connectivity index (χ3n) is 2.43. The molecule has 2 rings (SSSR count). The van der Waals surface area contributed by atoms with E-state index >= 15 is 0 Å². The number of rotatable bonds is 2. The molecule has 2 N–H and O–H groups in total. The maximum atomic E-state index is 13.0. The topological polar surface area (TPSA) is 47.9 Å². The Labute approximate surface area is 126 Å². The van der Waals surface area contributed by atoms with Crippen LogP contribution in [-0.4, -0.2) is 5.11 Å². The van der Waals surface area contributed by atoms with Crippen LogP contribution in [0.25, 0.3) is 0 Å². The number of benzene rings is 2. The second kappa shape index (κ2) is 6.33. The number of nitrogens with one attached hydrogen (secondary N) is 2. The van der Waals surface area contributed by atoms with E-state index in [4.69, 9.17) is 29.1 Å². The Kier molecular flexibility index (Phi) is 4.51. The lowest BCUT2D eigenvalue weighted by atomic mass is 10.2. The van der Waals surface area contributed by atoms with Crippen LogP contribution in [0.2, 0.25) is 5.02 Å². The Morgan fingerprint density at radius 2 is 1.85 bits per heavy atom. The summed E-state index contributed by atoms with van der Waals surface area (Å²) in [4.78, 5) is 0. The van der Waals surface area contributed by atoms with Crippen LogP contribution in [-0.2, 0) is 0 Å². The molecular weight excluding hydrogens is 297 g/mol. The van der Waals surface area contributed by atoms with Crippen molar-refractivity contribution in [2.45, 2.75) is 0 Å². The van der Waals surface area contributed by atoms with E-state index in [0.29, 0.717) is 22.1 Å². The molecule has 0 saturated heterocycles. The SMILES string of the molecule is N#Cc1cccc(NC(=S)Nc2ccc(F)c(Cl)c2)c1. The van der Waals surface area contributed by atoms with Crippen LogP contribution in [0, 0.1) is 17.1 Å². The Morgan fingerprint density at radius 3 is 2.50 bits per heavy atom. The van der Waals surface area contributed by atoms with Gasteiger partial charge in [-0.15, -0.1) is 0 Å². The molecule has 0 atom stereocenters. The van der Waals surface area contributed by atoms with Crippen molar-refractivity contribution >= 4 is 40.3 Å². The highest BCUT2D eigenvalue weighted by Gasteiger charge is 2.03. The van der Waals surface area contributed by atoms with Crippen LogP contribution in [0.5, 0.6) is 0 Å². The molecule has 0 heterocycles. The second-order valence-corrected chi connectivity index (χ2v) is 4.72. The van der Waals surface area contributed by atoms with Crippen molar-refractivity contribution in [1.29, 1.82) is 5.26 Å². The van der Waals surface area contributed by atoms with E-state index in [1.807, 2.05) is 6.07 Å². The fraction of sp³-hybridized carbons (Fsp3) is 0. The van der Waals surface area contributed by atoms with Crippen molar-refractivity contribution in [3.8, 4) is 6.07 Å². The van der Waals surface area contributed by atoms with Gasteiger partial charge in [0.05, 0.1) is 16.7 Å². The fourth-order valence-electron chi connectivity index (χ4n) is 1.53. The van der Waals surface area contributed by atoms with Gasteiger partial charge in [0.25, 0.3) is 0 Å². The lowest BCUT2D eigenvalue weighted by Crippen LogP contribution is -2.19. The van der Waals surface area contributed by atoms with Gasteiger partial charge in [-0.05, 0) is 48.6 Å². The van der Waals surface area contributed by atoms with Crippen LogP contribution in [0.4, 0.5) is 15.8 Å². The first-order valence-electron chi connectivity index (χ1n) is 5.62. The molecule has 0 spiro atoms. The first kappa shape index (κ1) is 14.3. The molecule has 2 aromatic carbocycles. The second-order valence-electron chi connectivity index (χ2n) is 3.90. The average molecular weight is 306 g/mol. The number of nitrogens with zero attached hydrogens (tertiary/aromatic N) is 1. The minimum Gasteiger partial charge on any atom is -0.332 e. The molecule has 0 aromatic heterocycles. The number of halogens is 2. The van der Waals surface area contributed by atoms with Crippen molar-refractivity contribution < 1.29 is 4.39 Å². The molecule has 0 radical (unpaired) electrons. The van der Waals surface area contributed by atoms with Crippen molar-refractivity contribution in [3.63, 3.8) is 0 Å². The molecule has 0 fully saturated rings. The van der Waals surface area contributed by atoms with Gasteiger partial charge in [0.1, 0.15) is 5.82 Å². The first-order chi connectivity index (χ1) is 9.58. The fourth-order valence-corrected chi connectivity index (χ4v) is 1.95. The summed E-state index contributed by atoms with van der Waals surface area (Å²) in [6.45, 7) is 0. The quantitative estimate of drug-likeness (QED) is 0.818. The normalized spacial score (nSPS) is 9.65. The minimum absolute atomic E-state index is 0.0178. The summed E-state index contributed by atoms with van der Waals surface area (Å²) in [5.41, 5.74) is 1.79. The van der Waals surface area contributed by atoms with Gasteiger partial charge in [-0.1, -0.05) is 17.7 Å². The Morgan fingerprint density at radius 1 is 1.15 bits per heavy atom. The summed E-state index contributed by atoms with van der Waals surface area (Å²) >= 11 is 10.8. The highest BCUT2D eigenvalue weighted by molar-refractivity contribution is 7.80. The third kappa shape index (κ3) is 3.67.